The van der Waals surface area contributed by atoms with E-state index in [0.29, 0.717) is 29.4 Å². The highest BCUT2D eigenvalue weighted by Crippen LogP contribution is 2.26. The van der Waals surface area contributed by atoms with Crippen molar-refractivity contribution in [2.75, 3.05) is 11.4 Å². The Morgan fingerprint density at radius 1 is 1.34 bits per heavy atom. The van der Waals surface area contributed by atoms with Gasteiger partial charge in [0.2, 0.25) is 11.7 Å². The van der Waals surface area contributed by atoms with Crippen LogP contribution in [0.3, 0.4) is 0 Å². The highest BCUT2D eigenvalue weighted by atomic mass is 32.1. The highest BCUT2D eigenvalue weighted by Gasteiger charge is 2.26. The molecule has 0 radical (unpaired) electrons. The number of amides is 1. The molecule has 3 heterocycles. The number of nitrogens with one attached hydrogen (secondary N) is 1. The second kappa shape index (κ2) is 7.79. The van der Waals surface area contributed by atoms with Gasteiger partial charge in [0.1, 0.15) is 0 Å². The number of ether oxygens (including phenoxy) is 1. The molecule has 1 aliphatic rings. The first-order chi connectivity index (χ1) is 13.9. The molecule has 4 rings (SSSR count). The molecule has 0 bridgehead atoms. The normalized spacial score (nSPS) is 15.1. The summed E-state index contributed by atoms with van der Waals surface area (Å²) in [5.41, 5.74) is 2.71. The van der Waals surface area contributed by atoms with Gasteiger partial charge in [-0.25, -0.2) is 4.98 Å². The van der Waals surface area contributed by atoms with Crippen molar-refractivity contribution in [3.63, 3.8) is 0 Å². The van der Waals surface area contributed by atoms with Gasteiger partial charge in [-0.1, -0.05) is 18.2 Å². The zero-order valence-corrected chi connectivity index (χ0v) is 17.0. The van der Waals surface area contributed by atoms with Crippen LogP contribution in [0.5, 0.6) is 0 Å². The number of anilines is 1. The Kier molecular flexibility index (Phi) is 5.19. The van der Waals surface area contributed by atoms with Gasteiger partial charge >= 0.3 is 5.97 Å². The molecule has 7 nitrogen and oxygen atoms in total. The first-order valence-corrected chi connectivity index (χ1v) is 10.4. The van der Waals surface area contributed by atoms with Crippen LogP contribution in [-0.4, -0.2) is 40.3 Å². The molecule has 8 heteroatoms. The Morgan fingerprint density at radius 3 is 2.90 bits per heavy atom. The number of carbonyl (C=O) groups excluding carboxylic acids is 3. The minimum absolute atomic E-state index is 0.0387. The number of hydrogen-bond donors (Lipinski definition) is 1. The third-order valence-electron chi connectivity index (χ3n) is 4.99. The number of benzene rings is 1. The molecule has 1 aliphatic heterocycles. The van der Waals surface area contributed by atoms with Crippen molar-refractivity contribution in [1.29, 1.82) is 0 Å². The summed E-state index contributed by atoms with van der Waals surface area (Å²) in [4.78, 5) is 46.3. The first-order valence-electron chi connectivity index (χ1n) is 9.50. The van der Waals surface area contributed by atoms with Crippen LogP contribution in [0.15, 0.2) is 29.6 Å². The number of aromatic nitrogens is 2. The number of aryl methyl sites for hydroxylation is 1. The molecule has 1 fully saturated rings. The molecule has 1 atom stereocenters. The van der Waals surface area contributed by atoms with Crippen LogP contribution >= 0.6 is 11.3 Å². The molecule has 0 saturated carbocycles. The molecule has 0 unspecified atom stereocenters. The number of hydrogen-bond acceptors (Lipinski definition) is 6. The molecular weight excluding hydrogens is 390 g/mol. The lowest BCUT2D eigenvalue weighted by molar-refractivity contribution is -0.145. The number of para-hydroxylation sites is 1. The van der Waals surface area contributed by atoms with Gasteiger partial charge in [0, 0.05) is 40.5 Å². The molecule has 1 amide bonds. The van der Waals surface area contributed by atoms with Crippen LogP contribution in [0.1, 0.15) is 41.5 Å². The summed E-state index contributed by atoms with van der Waals surface area (Å²) in [6.07, 6.45) is 0.411. The van der Waals surface area contributed by atoms with E-state index < -0.39 is 12.1 Å². The lowest BCUT2D eigenvalue weighted by Gasteiger charge is -2.12. The number of thiazole rings is 1. The predicted octanol–water partition coefficient (Wildman–Crippen LogP) is 3.42. The minimum atomic E-state index is -0.904. The van der Waals surface area contributed by atoms with Crippen molar-refractivity contribution < 1.29 is 19.1 Å². The van der Waals surface area contributed by atoms with Crippen LogP contribution in [0.2, 0.25) is 0 Å². The van der Waals surface area contributed by atoms with Crippen LogP contribution in [0, 0.1) is 6.92 Å². The maximum atomic E-state index is 12.9. The number of ketones is 1. The molecule has 1 aromatic carbocycles. The van der Waals surface area contributed by atoms with Crippen LogP contribution in [0.4, 0.5) is 5.13 Å². The van der Waals surface area contributed by atoms with E-state index in [4.69, 9.17) is 4.74 Å². The zero-order valence-electron chi connectivity index (χ0n) is 16.2. The van der Waals surface area contributed by atoms with E-state index in [1.54, 1.807) is 17.2 Å². The number of esters is 1. The molecule has 0 spiro atoms. The Labute approximate surface area is 171 Å². The molecule has 2 aromatic heterocycles. The van der Waals surface area contributed by atoms with Crippen LogP contribution in [-0.2, 0) is 20.7 Å². The quantitative estimate of drug-likeness (QED) is 0.496. The Bertz CT molecular complexity index is 1100. The lowest BCUT2D eigenvalue weighted by atomic mass is 10.0. The maximum Gasteiger partial charge on any atom is 0.312 e. The van der Waals surface area contributed by atoms with E-state index in [1.165, 1.54) is 11.3 Å². The lowest BCUT2D eigenvalue weighted by Crippen LogP contribution is -2.26. The van der Waals surface area contributed by atoms with Gasteiger partial charge in [-0.05, 0) is 26.3 Å². The van der Waals surface area contributed by atoms with Gasteiger partial charge in [0.15, 0.2) is 11.2 Å². The summed E-state index contributed by atoms with van der Waals surface area (Å²) in [6, 6.07) is 7.54. The van der Waals surface area contributed by atoms with E-state index in [0.717, 1.165) is 23.0 Å². The average Bonchev–Trinajstić information content (AvgIpc) is 3.38. The van der Waals surface area contributed by atoms with E-state index in [1.807, 2.05) is 31.2 Å². The van der Waals surface area contributed by atoms with Gasteiger partial charge in [0.05, 0.1) is 12.1 Å². The molecule has 150 valence electrons. The Morgan fingerprint density at radius 2 is 2.14 bits per heavy atom. The van der Waals surface area contributed by atoms with Crippen molar-refractivity contribution in [2.45, 2.75) is 39.2 Å². The number of carbonyl (C=O) groups is 3. The fourth-order valence-corrected chi connectivity index (χ4v) is 4.46. The van der Waals surface area contributed by atoms with E-state index in [9.17, 15) is 14.4 Å². The van der Waals surface area contributed by atoms with E-state index in [2.05, 4.69) is 9.97 Å². The standard InChI is InChI=1S/C21H21N3O4S/c1-12-19(15-6-3-4-7-16(15)22-12)20(27)13(2)28-18(26)10-14-11-29-21(23-14)24-9-5-8-17(24)25/h3-4,6-7,11,13,22H,5,8-10H2,1-2H3/t13-/m1/s1. The molecule has 29 heavy (non-hydrogen) atoms. The fourth-order valence-electron chi connectivity index (χ4n) is 3.59. The van der Waals surface area contributed by atoms with Crippen molar-refractivity contribution in [3.05, 3.63) is 46.6 Å². The van der Waals surface area contributed by atoms with Crippen molar-refractivity contribution in [2.24, 2.45) is 0 Å². The maximum absolute atomic E-state index is 12.9. The second-order valence-corrected chi connectivity index (χ2v) is 7.95. The minimum Gasteiger partial charge on any atom is -0.454 e. The summed E-state index contributed by atoms with van der Waals surface area (Å²) >= 11 is 1.33. The van der Waals surface area contributed by atoms with Crippen molar-refractivity contribution in [3.8, 4) is 0 Å². The Balaban J connectivity index is 1.42. The fraction of sp³-hybridized carbons (Fsp3) is 0.333. The second-order valence-electron chi connectivity index (χ2n) is 7.11. The van der Waals surface area contributed by atoms with E-state index >= 15 is 0 Å². The molecule has 1 N–H and O–H groups in total. The molecule has 3 aromatic rings. The number of fused-ring (bicyclic) bond motifs is 1. The number of rotatable bonds is 6. The third kappa shape index (κ3) is 3.80. The average molecular weight is 411 g/mol. The topological polar surface area (TPSA) is 92.4 Å². The van der Waals surface area contributed by atoms with Crippen molar-refractivity contribution >= 4 is 45.0 Å². The van der Waals surface area contributed by atoms with E-state index in [-0.39, 0.29) is 18.1 Å². The number of aromatic amines is 1. The van der Waals surface area contributed by atoms with Gasteiger partial charge in [0.25, 0.3) is 0 Å². The Hall–Kier alpha value is -3.00. The summed E-state index contributed by atoms with van der Waals surface area (Å²) in [5, 5.41) is 3.17. The van der Waals surface area contributed by atoms with Gasteiger partial charge < -0.3 is 9.72 Å². The van der Waals surface area contributed by atoms with Crippen LogP contribution in [0.25, 0.3) is 10.9 Å². The number of nitrogens with zero attached hydrogens (tertiary/aromatic N) is 2. The number of H-pyrrole nitrogens is 1. The summed E-state index contributed by atoms with van der Waals surface area (Å²) < 4.78 is 5.38. The van der Waals surface area contributed by atoms with Gasteiger partial charge in [-0.15, -0.1) is 11.3 Å². The SMILES string of the molecule is Cc1[nH]c2ccccc2c1C(=O)[C@@H](C)OC(=O)Cc1csc(N2CCCC2=O)n1. The zero-order chi connectivity index (χ0) is 20.5. The van der Waals surface area contributed by atoms with Gasteiger partial charge in [-0.3, -0.25) is 19.3 Å². The summed E-state index contributed by atoms with van der Waals surface area (Å²) in [5.74, 6) is -0.704. The van der Waals surface area contributed by atoms with Gasteiger partial charge in [-0.2, -0.15) is 0 Å². The van der Waals surface area contributed by atoms with Crippen LogP contribution < -0.4 is 4.90 Å². The largest absolute Gasteiger partial charge is 0.454 e. The monoisotopic (exact) mass is 411 g/mol. The third-order valence-corrected chi connectivity index (χ3v) is 5.90. The van der Waals surface area contributed by atoms with Crippen molar-refractivity contribution in [1.82, 2.24) is 9.97 Å². The smallest absolute Gasteiger partial charge is 0.312 e. The summed E-state index contributed by atoms with van der Waals surface area (Å²) in [7, 11) is 0. The molecule has 0 aliphatic carbocycles. The first kappa shape index (κ1) is 19.3. The summed E-state index contributed by atoms with van der Waals surface area (Å²) in [6.45, 7) is 4.07. The predicted molar refractivity (Wildman–Crippen MR) is 110 cm³/mol. The number of Topliss-reactive ketones (excluding diaryl/α,β-unsaturated/α-hetero) is 1. The molecular formula is C21H21N3O4S. The highest BCUT2D eigenvalue weighted by molar-refractivity contribution is 7.14. The molecule has 1 saturated heterocycles.